The van der Waals surface area contributed by atoms with E-state index in [0.717, 1.165) is 11.1 Å². The van der Waals surface area contributed by atoms with Gasteiger partial charge in [0, 0.05) is 28.7 Å². The minimum Gasteiger partial charge on any atom is -0.350 e. The monoisotopic (exact) mass is 387 g/mol. The number of carbonyl (C=O) groups excluding carboxylic acids is 1. The highest BCUT2D eigenvalue weighted by molar-refractivity contribution is 6.30. The van der Waals surface area contributed by atoms with E-state index in [-0.39, 0.29) is 17.7 Å². The van der Waals surface area contributed by atoms with Crippen LogP contribution in [0.3, 0.4) is 0 Å². The molecule has 2 N–H and O–H groups in total. The summed E-state index contributed by atoms with van der Waals surface area (Å²) in [4.78, 5) is 12.3. The van der Waals surface area contributed by atoms with Crippen molar-refractivity contribution in [3.8, 4) is 0 Å². The van der Waals surface area contributed by atoms with Gasteiger partial charge in [0.05, 0.1) is 0 Å². The van der Waals surface area contributed by atoms with Crippen molar-refractivity contribution in [2.24, 2.45) is 0 Å². The molecule has 0 aliphatic rings. The summed E-state index contributed by atoms with van der Waals surface area (Å²) >= 11 is 12.0. The van der Waals surface area contributed by atoms with Crippen LogP contribution < -0.4 is 5.32 Å². The van der Waals surface area contributed by atoms with Crippen LogP contribution in [-0.2, 0) is 0 Å². The predicted molar refractivity (Wildman–Crippen MR) is 105 cm³/mol. The number of rotatable bonds is 6. The number of halogens is 2. The number of amides is 1. The van der Waals surface area contributed by atoms with Crippen LogP contribution in [0.15, 0.2) is 60.8 Å². The Morgan fingerprint density at radius 3 is 2.12 bits per heavy atom. The fourth-order valence-electron chi connectivity index (χ4n) is 2.97. The van der Waals surface area contributed by atoms with Crippen LogP contribution in [-0.4, -0.2) is 22.6 Å². The molecule has 1 heterocycles. The van der Waals surface area contributed by atoms with Gasteiger partial charge in [-0.25, -0.2) is 0 Å². The third-order valence-corrected chi connectivity index (χ3v) is 5.02. The first kappa shape index (κ1) is 18.5. The van der Waals surface area contributed by atoms with Crippen molar-refractivity contribution in [1.82, 2.24) is 15.5 Å². The van der Waals surface area contributed by atoms with Crippen LogP contribution >= 0.6 is 23.2 Å². The molecule has 0 spiro atoms. The van der Waals surface area contributed by atoms with Gasteiger partial charge in [0.2, 0.25) is 0 Å². The van der Waals surface area contributed by atoms with Crippen molar-refractivity contribution >= 4 is 29.1 Å². The highest BCUT2D eigenvalue weighted by Crippen LogP contribution is 2.33. The second-order valence-corrected chi connectivity index (χ2v) is 7.04. The molecule has 0 saturated heterocycles. The molecule has 4 nitrogen and oxygen atoms in total. The first-order chi connectivity index (χ1) is 12.5. The maximum atomic E-state index is 12.3. The summed E-state index contributed by atoms with van der Waals surface area (Å²) in [7, 11) is 0. The second-order valence-electron chi connectivity index (χ2n) is 6.17. The Labute approximate surface area is 162 Å². The number of nitrogens with one attached hydrogen (secondary N) is 2. The maximum absolute atomic E-state index is 12.3. The molecule has 0 bridgehead atoms. The Morgan fingerprint density at radius 2 is 1.58 bits per heavy atom. The minimum atomic E-state index is -0.200. The molecule has 0 aliphatic heterocycles. The average molecular weight is 388 g/mol. The fraction of sp³-hybridized carbons (Fsp3) is 0.200. The number of carbonyl (C=O) groups is 1. The molecule has 3 rings (SSSR count). The largest absolute Gasteiger partial charge is 0.350 e. The molecule has 1 amide bonds. The van der Waals surface area contributed by atoms with Crippen LogP contribution in [0.5, 0.6) is 0 Å². The first-order valence-electron chi connectivity index (χ1n) is 8.33. The molecule has 2 aromatic carbocycles. The number of hydrogen-bond donors (Lipinski definition) is 2. The zero-order chi connectivity index (χ0) is 18.5. The standard InChI is InChI=1S/C20H19Cl2N3O/c1-13(14-2-6-16(21)7-3-14)18(15-4-8-17(22)9-5-15)12-23-20(26)19-10-11-24-25-19/h2-11,13,18H,12H2,1H3,(H,23,26)(H,24,25). The molecule has 2 unspecified atom stereocenters. The third kappa shape index (κ3) is 4.45. The van der Waals surface area contributed by atoms with Gasteiger partial charge >= 0.3 is 0 Å². The zero-order valence-corrected chi connectivity index (χ0v) is 15.8. The smallest absolute Gasteiger partial charge is 0.271 e. The van der Waals surface area contributed by atoms with Crippen molar-refractivity contribution < 1.29 is 4.79 Å². The molecule has 3 aromatic rings. The summed E-state index contributed by atoms with van der Waals surface area (Å²) in [5.74, 6) is 0.0535. The minimum absolute atomic E-state index is 0.0799. The van der Waals surface area contributed by atoms with Crippen molar-refractivity contribution in [2.45, 2.75) is 18.8 Å². The Morgan fingerprint density at radius 1 is 1.00 bits per heavy atom. The van der Waals surface area contributed by atoms with E-state index in [9.17, 15) is 4.79 Å². The SMILES string of the molecule is CC(c1ccc(Cl)cc1)C(CNC(=O)c1cc[nH]n1)c1ccc(Cl)cc1. The van der Waals surface area contributed by atoms with Crippen molar-refractivity contribution in [3.63, 3.8) is 0 Å². The van der Waals surface area contributed by atoms with Crippen LogP contribution in [0.4, 0.5) is 0 Å². The summed E-state index contributed by atoms with van der Waals surface area (Å²) in [5, 5.41) is 10.9. The number of aromatic amines is 1. The summed E-state index contributed by atoms with van der Waals surface area (Å²) in [6, 6.07) is 17.2. The Kier molecular flexibility index (Phi) is 5.96. The van der Waals surface area contributed by atoms with Gasteiger partial charge < -0.3 is 5.32 Å². The number of H-pyrrole nitrogens is 1. The van der Waals surface area contributed by atoms with Gasteiger partial charge in [-0.2, -0.15) is 5.10 Å². The highest BCUT2D eigenvalue weighted by Gasteiger charge is 2.22. The van der Waals surface area contributed by atoms with E-state index in [2.05, 4.69) is 22.4 Å². The van der Waals surface area contributed by atoms with E-state index in [1.807, 2.05) is 48.5 Å². The van der Waals surface area contributed by atoms with Crippen LogP contribution in [0.25, 0.3) is 0 Å². The number of nitrogens with zero attached hydrogens (tertiary/aromatic N) is 1. The van der Waals surface area contributed by atoms with Crippen LogP contribution in [0.1, 0.15) is 40.4 Å². The fourth-order valence-corrected chi connectivity index (χ4v) is 3.22. The van der Waals surface area contributed by atoms with E-state index in [4.69, 9.17) is 23.2 Å². The van der Waals surface area contributed by atoms with Gasteiger partial charge in [-0.15, -0.1) is 0 Å². The summed E-state index contributed by atoms with van der Waals surface area (Å²) in [6.07, 6.45) is 1.63. The zero-order valence-electron chi connectivity index (χ0n) is 14.2. The molecular weight excluding hydrogens is 369 g/mol. The molecule has 0 saturated carbocycles. The number of aromatic nitrogens is 2. The molecule has 1 aromatic heterocycles. The lowest BCUT2D eigenvalue weighted by Gasteiger charge is -2.25. The lowest BCUT2D eigenvalue weighted by molar-refractivity contribution is 0.0945. The normalized spacial score (nSPS) is 13.2. The van der Waals surface area contributed by atoms with E-state index in [0.29, 0.717) is 22.3 Å². The van der Waals surface area contributed by atoms with Crippen molar-refractivity contribution in [1.29, 1.82) is 0 Å². The number of hydrogen-bond acceptors (Lipinski definition) is 2. The van der Waals surface area contributed by atoms with E-state index >= 15 is 0 Å². The lowest BCUT2D eigenvalue weighted by atomic mass is 9.82. The Bertz CT molecular complexity index is 846. The van der Waals surface area contributed by atoms with Crippen LogP contribution in [0, 0.1) is 0 Å². The van der Waals surface area contributed by atoms with Crippen molar-refractivity contribution in [2.75, 3.05) is 6.54 Å². The van der Waals surface area contributed by atoms with Gasteiger partial charge in [0.25, 0.3) is 5.91 Å². The molecule has 134 valence electrons. The molecule has 0 aliphatic carbocycles. The van der Waals surface area contributed by atoms with Gasteiger partial charge in [0.15, 0.2) is 0 Å². The Hall–Kier alpha value is -2.30. The van der Waals surface area contributed by atoms with Crippen molar-refractivity contribution in [3.05, 3.63) is 87.7 Å². The first-order valence-corrected chi connectivity index (χ1v) is 9.09. The second kappa shape index (κ2) is 8.39. The Balaban J connectivity index is 1.82. The van der Waals surface area contributed by atoms with Gasteiger partial charge in [-0.3, -0.25) is 9.89 Å². The maximum Gasteiger partial charge on any atom is 0.271 e. The summed E-state index contributed by atoms with van der Waals surface area (Å²) in [6.45, 7) is 2.63. The third-order valence-electron chi connectivity index (χ3n) is 4.51. The van der Waals surface area contributed by atoms with Gasteiger partial charge in [-0.1, -0.05) is 54.4 Å². The van der Waals surface area contributed by atoms with Gasteiger partial charge in [0.1, 0.15) is 5.69 Å². The summed E-state index contributed by atoms with van der Waals surface area (Å²) in [5.41, 5.74) is 2.64. The lowest BCUT2D eigenvalue weighted by Crippen LogP contribution is -2.30. The topological polar surface area (TPSA) is 57.8 Å². The van der Waals surface area contributed by atoms with Gasteiger partial charge in [-0.05, 0) is 47.4 Å². The molecule has 2 atom stereocenters. The van der Waals surface area contributed by atoms with E-state index in [1.54, 1.807) is 12.3 Å². The van der Waals surface area contributed by atoms with Crippen LogP contribution in [0.2, 0.25) is 10.0 Å². The number of benzene rings is 2. The highest BCUT2D eigenvalue weighted by atomic mass is 35.5. The molecular formula is C20H19Cl2N3O. The summed E-state index contributed by atoms with van der Waals surface area (Å²) < 4.78 is 0. The molecule has 0 radical (unpaired) electrons. The quantitative estimate of drug-likeness (QED) is 0.622. The predicted octanol–water partition coefficient (Wildman–Crippen LogP) is 5.03. The average Bonchev–Trinajstić information content (AvgIpc) is 3.18. The molecule has 6 heteroatoms. The molecule has 0 fully saturated rings. The van der Waals surface area contributed by atoms with E-state index < -0.39 is 0 Å². The van der Waals surface area contributed by atoms with E-state index in [1.165, 1.54) is 0 Å². The molecule has 26 heavy (non-hydrogen) atoms.